The largest absolute Gasteiger partial charge is 0.270 e. The third-order valence-corrected chi connectivity index (χ3v) is 8.24. The molecule has 0 aliphatic carbocycles. The fourth-order valence-electron chi connectivity index (χ4n) is 4.25. The Morgan fingerprint density at radius 2 is 1.46 bits per heavy atom. The van der Waals surface area contributed by atoms with Gasteiger partial charge in [-0.25, -0.2) is 0 Å². The maximum Gasteiger partial charge on any atom is 0.270 e. The molecule has 0 saturated carbocycles. The Morgan fingerprint density at radius 3 is 2.18 bits per heavy atom. The highest BCUT2D eigenvalue weighted by atomic mass is 32.2. The average molecular weight is 403 g/mol. The van der Waals surface area contributed by atoms with E-state index < -0.39 is 0 Å². The van der Waals surface area contributed by atoms with Crippen molar-refractivity contribution in [2.75, 3.05) is 0 Å². The van der Waals surface area contributed by atoms with Crippen molar-refractivity contribution in [1.82, 2.24) is 0 Å². The van der Waals surface area contributed by atoms with Gasteiger partial charge in [0.1, 0.15) is 7.05 Å². The number of aromatic nitrogens is 1. The van der Waals surface area contributed by atoms with Gasteiger partial charge in [0.2, 0.25) is 5.52 Å². The molecule has 0 aliphatic rings. The maximum atomic E-state index is 2.44. The molecule has 0 fully saturated rings. The molecule has 0 N–H and O–H groups in total. The van der Waals surface area contributed by atoms with E-state index in [1.54, 1.807) is 0 Å². The number of aryl methyl sites for hydroxylation is 2. The molecule has 0 saturated heterocycles. The van der Waals surface area contributed by atoms with Crippen LogP contribution in [0.4, 0.5) is 0 Å². The van der Waals surface area contributed by atoms with Crippen LogP contribution in [0.25, 0.3) is 41.0 Å². The third-order valence-electron chi connectivity index (χ3n) is 5.72. The molecule has 0 atom stereocenters. The average Bonchev–Trinajstić information content (AvgIpc) is 3.18. The molecule has 0 spiro atoms. The lowest BCUT2D eigenvalue weighted by Crippen LogP contribution is -2.28. The summed E-state index contributed by atoms with van der Waals surface area (Å²) in [6.07, 6.45) is 0. The summed E-state index contributed by atoms with van der Waals surface area (Å²) in [6, 6.07) is 20.0. The zero-order valence-corrected chi connectivity index (χ0v) is 18.6. The lowest BCUT2D eigenvalue weighted by atomic mass is 9.81. The first-order valence-electron chi connectivity index (χ1n) is 9.69. The minimum absolute atomic E-state index is 0.0992. The summed E-state index contributed by atoms with van der Waals surface area (Å²) in [6.45, 7) is 9.22. The van der Waals surface area contributed by atoms with Crippen LogP contribution in [0.5, 0.6) is 0 Å². The van der Waals surface area contributed by atoms with Crippen LogP contribution in [0.15, 0.2) is 54.6 Å². The van der Waals surface area contributed by atoms with E-state index in [4.69, 9.17) is 0 Å². The van der Waals surface area contributed by atoms with Gasteiger partial charge in [-0.3, -0.25) is 0 Å². The maximum absolute atomic E-state index is 2.44. The Hall–Kier alpha value is -2.23. The van der Waals surface area contributed by atoms with Gasteiger partial charge in [-0.15, -0.1) is 11.3 Å². The van der Waals surface area contributed by atoms with Crippen molar-refractivity contribution in [2.24, 2.45) is 7.05 Å². The summed E-state index contributed by atoms with van der Waals surface area (Å²) < 4.78 is 5.18. The summed E-state index contributed by atoms with van der Waals surface area (Å²) in [5.41, 5.74) is 5.62. The molecule has 0 unspecified atom stereocenters. The molecule has 5 aromatic rings. The monoisotopic (exact) mass is 402 g/mol. The highest BCUT2D eigenvalue weighted by Gasteiger charge is 2.27. The minimum Gasteiger partial charge on any atom is -0.183 e. The second kappa shape index (κ2) is 6.13. The standard InChI is InChI=1S/C25H24NS2/c1-15-16-10-6-7-11-17(16)20(25(2,3)4)14-19(15)23-26(5)22-18-12-8-9-13-21(18)27-24(22)28-23/h6-14H,1-5H3/q+1. The van der Waals surface area contributed by atoms with E-state index in [1.165, 1.54) is 52.1 Å². The molecular weight excluding hydrogens is 378 g/mol. The molecule has 2 heterocycles. The summed E-state index contributed by atoms with van der Waals surface area (Å²) in [4.78, 5) is 0. The molecule has 3 aromatic carbocycles. The topological polar surface area (TPSA) is 3.88 Å². The minimum atomic E-state index is 0.0992. The van der Waals surface area contributed by atoms with E-state index in [0.717, 1.165) is 0 Å². The van der Waals surface area contributed by atoms with Gasteiger partial charge in [0.05, 0.1) is 10.9 Å². The molecule has 0 radical (unpaired) electrons. The number of benzene rings is 3. The summed E-state index contributed by atoms with van der Waals surface area (Å²) in [5, 5.41) is 5.46. The Morgan fingerprint density at radius 1 is 0.821 bits per heavy atom. The van der Waals surface area contributed by atoms with E-state index in [1.807, 2.05) is 22.7 Å². The predicted octanol–water partition coefficient (Wildman–Crippen LogP) is 7.37. The van der Waals surface area contributed by atoms with Crippen molar-refractivity contribution in [1.29, 1.82) is 0 Å². The molecule has 28 heavy (non-hydrogen) atoms. The van der Waals surface area contributed by atoms with Gasteiger partial charge < -0.3 is 0 Å². The van der Waals surface area contributed by atoms with Crippen LogP contribution >= 0.6 is 22.7 Å². The summed E-state index contributed by atoms with van der Waals surface area (Å²) in [7, 11) is 2.22. The SMILES string of the molecule is Cc1c(-c2sc3sc4ccccc4c3[n+]2C)cc(C(C)(C)C)c2ccccc12. The second-order valence-corrected chi connectivity index (χ2v) is 10.9. The molecule has 0 amide bonds. The lowest BCUT2D eigenvalue weighted by Gasteiger charge is -2.23. The first-order chi connectivity index (χ1) is 13.4. The first kappa shape index (κ1) is 17.8. The van der Waals surface area contributed by atoms with Gasteiger partial charge in [-0.05, 0) is 52.4 Å². The molecule has 0 aliphatic heterocycles. The molecule has 3 heteroatoms. The molecule has 1 nitrogen and oxygen atoms in total. The van der Waals surface area contributed by atoms with Gasteiger partial charge in [-0.2, -0.15) is 4.57 Å². The van der Waals surface area contributed by atoms with E-state index in [-0.39, 0.29) is 5.41 Å². The van der Waals surface area contributed by atoms with Crippen LogP contribution < -0.4 is 4.57 Å². The Kier molecular flexibility index (Phi) is 3.91. The van der Waals surface area contributed by atoms with Gasteiger partial charge in [0.25, 0.3) is 5.01 Å². The van der Waals surface area contributed by atoms with Crippen molar-refractivity contribution in [3.05, 3.63) is 65.7 Å². The van der Waals surface area contributed by atoms with Crippen molar-refractivity contribution in [3.8, 4) is 10.6 Å². The van der Waals surface area contributed by atoms with Crippen LogP contribution in [0, 0.1) is 6.92 Å². The lowest BCUT2D eigenvalue weighted by molar-refractivity contribution is -0.628. The smallest absolute Gasteiger partial charge is 0.183 e. The number of thiazole rings is 1. The summed E-state index contributed by atoms with van der Waals surface area (Å²) in [5.74, 6) is 0. The summed E-state index contributed by atoms with van der Waals surface area (Å²) >= 11 is 3.83. The van der Waals surface area contributed by atoms with Gasteiger partial charge in [0, 0.05) is 4.70 Å². The molecular formula is C25H24NS2+. The van der Waals surface area contributed by atoms with Crippen molar-refractivity contribution in [3.63, 3.8) is 0 Å². The number of rotatable bonds is 1. The zero-order valence-electron chi connectivity index (χ0n) is 17.0. The number of hydrogen-bond acceptors (Lipinski definition) is 2. The zero-order chi connectivity index (χ0) is 19.6. The first-order valence-corrected chi connectivity index (χ1v) is 11.3. The fourth-order valence-corrected chi connectivity index (χ4v) is 6.96. The van der Waals surface area contributed by atoms with E-state index in [9.17, 15) is 0 Å². The highest BCUT2D eigenvalue weighted by Crippen LogP contribution is 2.42. The normalized spacial score (nSPS) is 12.5. The number of hydrogen-bond donors (Lipinski definition) is 0. The molecule has 5 rings (SSSR count). The third kappa shape index (κ3) is 2.53. The number of fused-ring (bicyclic) bond motifs is 4. The number of thiophene rings is 1. The van der Waals surface area contributed by atoms with Crippen molar-refractivity contribution >= 4 is 53.1 Å². The van der Waals surface area contributed by atoms with Crippen LogP contribution in [0.3, 0.4) is 0 Å². The van der Waals surface area contributed by atoms with Gasteiger partial charge in [-0.1, -0.05) is 68.5 Å². The predicted molar refractivity (Wildman–Crippen MR) is 125 cm³/mol. The van der Waals surface area contributed by atoms with Crippen LogP contribution in [0.2, 0.25) is 0 Å². The Labute approximate surface area is 173 Å². The number of nitrogens with zero attached hydrogens (tertiary/aromatic N) is 1. The molecule has 2 aromatic heterocycles. The van der Waals surface area contributed by atoms with Crippen LogP contribution in [-0.4, -0.2) is 0 Å². The van der Waals surface area contributed by atoms with Gasteiger partial charge >= 0.3 is 0 Å². The van der Waals surface area contributed by atoms with Crippen molar-refractivity contribution < 1.29 is 4.57 Å². The van der Waals surface area contributed by atoms with Crippen molar-refractivity contribution in [2.45, 2.75) is 33.1 Å². The van der Waals surface area contributed by atoms with E-state index >= 15 is 0 Å². The van der Waals surface area contributed by atoms with E-state index in [0.29, 0.717) is 0 Å². The second-order valence-electron chi connectivity index (χ2n) is 8.59. The quantitative estimate of drug-likeness (QED) is 0.258. The van der Waals surface area contributed by atoms with E-state index in [2.05, 4.69) is 93.9 Å². The fraction of sp³-hybridized carbons (Fsp3) is 0.240. The molecule has 0 bridgehead atoms. The Bertz CT molecular complexity index is 1360. The highest BCUT2D eigenvalue weighted by molar-refractivity contribution is 7.42. The van der Waals surface area contributed by atoms with Gasteiger partial charge in [0.15, 0.2) is 4.01 Å². The van der Waals surface area contributed by atoms with Crippen LogP contribution in [-0.2, 0) is 12.5 Å². The van der Waals surface area contributed by atoms with Crippen LogP contribution in [0.1, 0.15) is 31.9 Å². The molecule has 140 valence electrons. The Balaban J connectivity index is 1.87.